The Labute approximate surface area is 161 Å². The first kappa shape index (κ1) is 18.9. The van der Waals surface area contributed by atoms with Crippen molar-refractivity contribution in [3.05, 3.63) is 66.2 Å². The number of rotatable bonds is 6. The van der Waals surface area contributed by atoms with Gasteiger partial charge in [0.05, 0.1) is 22.8 Å². The summed E-state index contributed by atoms with van der Waals surface area (Å²) in [7, 11) is 0. The maximum absolute atomic E-state index is 12.7. The molecule has 1 N–H and O–H groups in total. The van der Waals surface area contributed by atoms with E-state index < -0.39 is 24.3 Å². The maximum Gasteiger partial charge on any atom is 0.339 e. The fourth-order valence-corrected chi connectivity index (χ4v) is 2.81. The van der Waals surface area contributed by atoms with Crippen LogP contribution in [-0.2, 0) is 9.53 Å². The lowest BCUT2D eigenvalue weighted by molar-refractivity contribution is -0.122. The molecule has 0 aliphatic carbocycles. The number of aromatic nitrogens is 1. The molecule has 6 nitrogen and oxygen atoms in total. The Morgan fingerprint density at radius 1 is 1.14 bits per heavy atom. The van der Waals surface area contributed by atoms with E-state index in [-0.39, 0.29) is 11.3 Å². The monoisotopic (exact) mass is 371 g/mol. The van der Waals surface area contributed by atoms with Crippen molar-refractivity contribution in [2.24, 2.45) is 5.92 Å². The van der Waals surface area contributed by atoms with Gasteiger partial charge in [0.1, 0.15) is 5.92 Å². The van der Waals surface area contributed by atoms with E-state index in [1.54, 1.807) is 30.3 Å². The van der Waals surface area contributed by atoms with Crippen LogP contribution >= 0.6 is 0 Å². The molecule has 1 heterocycles. The summed E-state index contributed by atoms with van der Waals surface area (Å²) in [5.74, 6) is -2.50. The van der Waals surface area contributed by atoms with Crippen LogP contribution < -0.4 is 0 Å². The van der Waals surface area contributed by atoms with E-state index in [0.717, 1.165) is 5.56 Å². The van der Waals surface area contributed by atoms with Crippen LogP contribution in [0.4, 0.5) is 0 Å². The highest BCUT2D eigenvalue weighted by molar-refractivity contribution is 6.08. The van der Waals surface area contributed by atoms with Crippen LogP contribution in [-0.4, -0.2) is 29.1 Å². The van der Waals surface area contributed by atoms with Crippen molar-refractivity contribution >= 4 is 28.4 Å². The highest BCUT2D eigenvalue weighted by Gasteiger charge is 2.23. The number of fused-ring (bicyclic) bond motifs is 1. The summed E-state index contributed by atoms with van der Waals surface area (Å²) in [6.07, 6.45) is 0. The van der Waals surface area contributed by atoms with Crippen LogP contribution in [0.5, 0.6) is 0 Å². The largest absolute Gasteiger partial charge is 0.454 e. The molecule has 0 amide bonds. The number of para-hydroxylation sites is 1. The van der Waals surface area contributed by atoms with E-state index in [1.165, 1.54) is 6.92 Å². The molecule has 1 aromatic heterocycles. The standard InChI is InChI=1S/C22H17N3O3/c1-14(24)18(12-23)21(26)13-28-22(27)17-11-20(15-7-3-2-4-8-15)25-19-10-6-5-9-16(17)19/h2-11,18,24H,13H2,1H3. The summed E-state index contributed by atoms with van der Waals surface area (Å²) in [6.45, 7) is 0.806. The first-order valence-electron chi connectivity index (χ1n) is 8.61. The van der Waals surface area contributed by atoms with Gasteiger partial charge in [-0.1, -0.05) is 48.5 Å². The maximum atomic E-state index is 12.7. The van der Waals surface area contributed by atoms with Crippen molar-refractivity contribution in [1.29, 1.82) is 10.7 Å². The third-order valence-corrected chi connectivity index (χ3v) is 4.24. The molecule has 0 fully saturated rings. The second-order valence-electron chi connectivity index (χ2n) is 6.23. The lowest BCUT2D eigenvalue weighted by Gasteiger charge is -2.11. The molecule has 1 atom stereocenters. The molecule has 3 aromatic rings. The van der Waals surface area contributed by atoms with Gasteiger partial charge in [-0.25, -0.2) is 9.78 Å². The fourth-order valence-electron chi connectivity index (χ4n) is 2.81. The third kappa shape index (κ3) is 3.94. The molecule has 28 heavy (non-hydrogen) atoms. The lowest BCUT2D eigenvalue weighted by atomic mass is 10.0. The van der Waals surface area contributed by atoms with Crippen molar-refractivity contribution in [2.75, 3.05) is 6.61 Å². The van der Waals surface area contributed by atoms with Gasteiger partial charge in [0.2, 0.25) is 0 Å². The van der Waals surface area contributed by atoms with Crippen LogP contribution in [0.3, 0.4) is 0 Å². The quantitative estimate of drug-likeness (QED) is 0.524. The highest BCUT2D eigenvalue weighted by atomic mass is 16.5. The molecule has 0 spiro atoms. The van der Waals surface area contributed by atoms with Crippen molar-refractivity contribution in [2.45, 2.75) is 6.92 Å². The average molecular weight is 371 g/mol. The van der Waals surface area contributed by atoms with E-state index in [0.29, 0.717) is 16.6 Å². The molecule has 6 heteroatoms. The molecule has 0 bridgehead atoms. The number of nitrogens with one attached hydrogen (secondary N) is 1. The Balaban J connectivity index is 1.93. The first-order valence-corrected chi connectivity index (χ1v) is 8.61. The third-order valence-electron chi connectivity index (χ3n) is 4.24. The summed E-state index contributed by atoms with van der Waals surface area (Å²) in [5.41, 5.74) is 2.30. The van der Waals surface area contributed by atoms with E-state index in [2.05, 4.69) is 4.98 Å². The zero-order valence-electron chi connectivity index (χ0n) is 15.2. The summed E-state index contributed by atoms with van der Waals surface area (Å²) in [4.78, 5) is 29.3. The molecular formula is C22H17N3O3. The zero-order valence-corrected chi connectivity index (χ0v) is 15.2. The second kappa shape index (κ2) is 8.23. The number of nitrogens with zero attached hydrogens (tertiary/aromatic N) is 2. The van der Waals surface area contributed by atoms with E-state index in [9.17, 15) is 9.59 Å². The van der Waals surface area contributed by atoms with E-state index in [1.807, 2.05) is 36.4 Å². The number of pyridine rings is 1. The lowest BCUT2D eigenvalue weighted by Crippen LogP contribution is -2.25. The Morgan fingerprint density at radius 3 is 2.50 bits per heavy atom. The van der Waals surface area contributed by atoms with Crippen LogP contribution in [0.2, 0.25) is 0 Å². The van der Waals surface area contributed by atoms with E-state index >= 15 is 0 Å². The van der Waals surface area contributed by atoms with Gasteiger partial charge in [0, 0.05) is 16.7 Å². The number of carbonyl (C=O) groups excluding carboxylic acids is 2. The van der Waals surface area contributed by atoms with E-state index in [4.69, 9.17) is 15.4 Å². The number of ether oxygens (including phenoxy) is 1. The molecule has 138 valence electrons. The Morgan fingerprint density at radius 2 is 1.82 bits per heavy atom. The minimum atomic E-state index is -1.21. The number of nitriles is 1. The fraction of sp³-hybridized carbons (Fsp3) is 0.136. The number of esters is 1. The number of benzene rings is 2. The van der Waals surface area contributed by atoms with Crippen LogP contribution in [0.25, 0.3) is 22.2 Å². The molecular weight excluding hydrogens is 354 g/mol. The summed E-state index contributed by atoms with van der Waals surface area (Å²) >= 11 is 0. The van der Waals surface area contributed by atoms with Gasteiger partial charge in [-0.05, 0) is 19.1 Å². The van der Waals surface area contributed by atoms with Gasteiger partial charge < -0.3 is 10.1 Å². The number of hydrogen-bond donors (Lipinski definition) is 1. The topological polar surface area (TPSA) is 104 Å². The molecule has 2 aromatic carbocycles. The number of carbonyl (C=O) groups is 2. The van der Waals surface area contributed by atoms with Crippen molar-refractivity contribution in [3.63, 3.8) is 0 Å². The SMILES string of the molecule is CC(=N)C(C#N)C(=O)COC(=O)c1cc(-c2ccccc2)nc2ccccc12. The van der Waals surface area contributed by atoms with Gasteiger partial charge in [0.25, 0.3) is 0 Å². The Bertz CT molecular complexity index is 1100. The minimum absolute atomic E-state index is 0.0794. The van der Waals surface area contributed by atoms with Gasteiger partial charge in [-0.3, -0.25) is 4.79 Å². The summed E-state index contributed by atoms with van der Waals surface area (Å²) < 4.78 is 5.16. The molecule has 1 unspecified atom stereocenters. The molecule has 3 rings (SSSR count). The summed E-state index contributed by atoms with van der Waals surface area (Å²) in [6, 6.07) is 20.0. The molecule has 0 radical (unpaired) electrons. The van der Waals surface area contributed by atoms with Crippen molar-refractivity contribution in [3.8, 4) is 17.3 Å². The molecule has 0 saturated heterocycles. The van der Waals surface area contributed by atoms with Gasteiger partial charge in [-0.2, -0.15) is 5.26 Å². The summed E-state index contributed by atoms with van der Waals surface area (Å²) in [5, 5.41) is 17.1. The molecule has 0 saturated carbocycles. The Hall–Kier alpha value is -3.85. The number of ketones is 1. The second-order valence-corrected chi connectivity index (χ2v) is 6.23. The number of hydrogen-bond acceptors (Lipinski definition) is 6. The predicted molar refractivity (Wildman–Crippen MR) is 105 cm³/mol. The van der Waals surface area contributed by atoms with Gasteiger partial charge in [-0.15, -0.1) is 0 Å². The number of Topliss-reactive ketones (excluding diaryl/α,β-unsaturated/α-hetero) is 1. The highest BCUT2D eigenvalue weighted by Crippen LogP contribution is 2.25. The minimum Gasteiger partial charge on any atom is -0.454 e. The normalized spacial score (nSPS) is 11.4. The zero-order chi connectivity index (χ0) is 20.1. The van der Waals surface area contributed by atoms with Gasteiger partial charge in [0.15, 0.2) is 12.4 Å². The van der Waals surface area contributed by atoms with Crippen LogP contribution in [0, 0.1) is 22.7 Å². The smallest absolute Gasteiger partial charge is 0.339 e. The predicted octanol–water partition coefficient (Wildman–Crippen LogP) is 3.81. The van der Waals surface area contributed by atoms with Crippen molar-refractivity contribution in [1.82, 2.24) is 4.98 Å². The van der Waals surface area contributed by atoms with Crippen LogP contribution in [0.15, 0.2) is 60.7 Å². The Kier molecular flexibility index (Phi) is 5.56. The molecule has 0 aliphatic rings. The molecule has 0 aliphatic heterocycles. The first-order chi connectivity index (χ1) is 13.5. The average Bonchev–Trinajstić information content (AvgIpc) is 2.72. The van der Waals surface area contributed by atoms with Crippen LogP contribution in [0.1, 0.15) is 17.3 Å². The van der Waals surface area contributed by atoms with Crippen molar-refractivity contribution < 1.29 is 14.3 Å². The van der Waals surface area contributed by atoms with Gasteiger partial charge >= 0.3 is 5.97 Å².